The van der Waals surface area contributed by atoms with Gasteiger partial charge in [-0.3, -0.25) is 4.68 Å². The average molecular weight is 344 g/mol. The molecule has 3 rings (SSSR count). The first-order valence-electron chi connectivity index (χ1n) is 8.35. The molecule has 0 aliphatic carbocycles. The number of benzene rings is 1. The minimum absolute atomic E-state index is 0.120. The number of rotatable bonds is 4. The van der Waals surface area contributed by atoms with Gasteiger partial charge >= 0.3 is 6.03 Å². The Balaban J connectivity index is 1.60. The standard InChI is InChI=1S/C18H24N4OS/c1-13-9-14(2)22(21-13)11-15-5-3-6-16(10-15)19-18(23)20-17-7-4-8-24-12-17/h3,5-6,9-10,17H,4,7-8,11-12H2,1-2H3,(H2,19,20,23)/t17-/m0/s1. The van der Waals surface area contributed by atoms with Gasteiger partial charge in [-0.2, -0.15) is 16.9 Å². The first-order chi connectivity index (χ1) is 11.6. The number of thioether (sulfide) groups is 1. The van der Waals surface area contributed by atoms with Crippen molar-refractivity contribution in [3.05, 3.63) is 47.3 Å². The molecule has 1 aliphatic heterocycles. The lowest BCUT2D eigenvalue weighted by Gasteiger charge is -2.22. The number of amides is 2. The van der Waals surface area contributed by atoms with E-state index in [0.29, 0.717) is 6.54 Å². The summed E-state index contributed by atoms with van der Waals surface area (Å²) in [6.07, 6.45) is 2.24. The summed E-state index contributed by atoms with van der Waals surface area (Å²) in [6, 6.07) is 10.2. The highest BCUT2D eigenvalue weighted by molar-refractivity contribution is 7.99. The minimum Gasteiger partial charge on any atom is -0.334 e. The number of carbonyl (C=O) groups is 1. The number of hydrogen-bond donors (Lipinski definition) is 2. The number of urea groups is 1. The molecule has 1 aromatic carbocycles. The Morgan fingerprint density at radius 3 is 2.96 bits per heavy atom. The highest BCUT2D eigenvalue weighted by Gasteiger charge is 2.16. The van der Waals surface area contributed by atoms with Crippen LogP contribution in [0.5, 0.6) is 0 Å². The zero-order chi connectivity index (χ0) is 16.9. The lowest BCUT2D eigenvalue weighted by atomic mass is 10.2. The molecule has 2 N–H and O–H groups in total. The van der Waals surface area contributed by atoms with Crippen molar-refractivity contribution in [1.29, 1.82) is 0 Å². The van der Waals surface area contributed by atoms with Crippen molar-refractivity contribution in [1.82, 2.24) is 15.1 Å². The Labute approximate surface area is 147 Å². The Hall–Kier alpha value is -1.95. The van der Waals surface area contributed by atoms with Crippen LogP contribution in [0.15, 0.2) is 30.3 Å². The Kier molecular flexibility index (Phi) is 5.45. The summed E-state index contributed by atoms with van der Waals surface area (Å²) >= 11 is 1.91. The van der Waals surface area contributed by atoms with Crippen LogP contribution in [-0.4, -0.2) is 33.4 Å². The molecule has 24 heavy (non-hydrogen) atoms. The van der Waals surface area contributed by atoms with Gasteiger partial charge in [0.2, 0.25) is 0 Å². The second kappa shape index (κ2) is 7.75. The smallest absolute Gasteiger partial charge is 0.319 e. The van der Waals surface area contributed by atoms with Crippen LogP contribution >= 0.6 is 11.8 Å². The molecule has 2 aromatic rings. The third kappa shape index (κ3) is 4.54. The molecular formula is C18H24N4OS. The van der Waals surface area contributed by atoms with Gasteiger partial charge in [0.1, 0.15) is 0 Å². The molecule has 1 atom stereocenters. The average Bonchev–Trinajstić information content (AvgIpc) is 2.86. The summed E-state index contributed by atoms with van der Waals surface area (Å²) in [4.78, 5) is 12.2. The predicted molar refractivity (Wildman–Crippen MR) is 99.7 cm³/mol. The van der Waals surface area contributed by atoms with Crippen molar-refractivity contribution in [2.45, 2.75) is 39.3 Å². The Morgan fingerprint density at radius 1 is 1.38 bits per heavy atom. The van der Waals surface area contributed by atoms with Crippen LogP contribution < -0.4 is 10.6 Å². The van der Waals surface area contributed by atoms with Gasteiger partial charge in [0.25, 0.3) is 0 Å². The highest BCUT2D eigenvalue weighted by atomic mass is 32.2. The van der Waals surface area contributed by atoms with E-state index in [4.69, 9.17) is 0 Å². The van der Waals surface area contributed by atoms with Gasteiger partial charge in [-0.25, -0.2) is 4.79 Å². The number of aromatic nitrogens is 2. The molecule has 1 fully saturated rings. The molecule has 0 saturated carbocycles. The maximum Gasteiger partial charge on any atom is 0.319 e. The number of carbonyl (C=O) groups excluding carboxylic acids is 1. The van der Waals surface area contributed by atoms with Gasteiger partial charge in [-0.1, -0.05) is 12.1 Å². The van der Waals surface area contributed by atoms with Gasteiger partial charge in [-0.05, 0) is 56.2 Å². The van der Waals surface area contributed by atoms with Crippen LogP contribution in [0, 0.1) is 13.8 Å². The van der Waals surface area contributed by atoms with E-state index in [0.717, 1.165) is 34.8 Å². The predicted octanol–water partition coefficient (Wildman–Crippen LogP) is 3.57. The molecule has 5 nitrogen and oxygen atoms in total. The number of nitrogens with one attached hydrogen (secondary N) is 2. The summed E-state index contributed by atoms with van der Waals surface area (Å²) in [5, 5.41) is 10.5. The van der Waals surface area contributed by atoms with Crippen LogP contribution in [-0.2, 0) is 6.54 Å². The molecule has 0 unspecified atom stereocenters. The summed E-state index contributed by atoms with van der Waals surface area (Å²) in [5.41, 5.74) is 4.09. The first-order valence-corrected chi connectivity index (χ1v) is 9.51. The van der Waals surface area contributed by atoms with Gasteiger partial charge in [-0.15, -0.1) is 0 Å². The largest absolute Gasteiger partial charge is 0.334 e. The summed E-state index contributed by atoms with van der Waals surface area (Å²) in [6.45, 7) is 4.75. The van der Waals surface area contributed by atoms with Crippen LogP contribution in [0.3, 0.4) is 0 Å². The van der Waals surface area contributed by atoms with Crippen LogP contribution in [0.25, 0.3) is 0 Å². The summed E-state index contributed by atoms with van der Waals surface area (Å²) < 4.78 is 1.98. The molecule has 128 valence electrons. The number of nitrogens with zero attached hydrogens (tertiary/aromatic N) is 2. The number of anilines is 1. The normalized spacial score (nSPS) is 17.5. The molecule has 0 spiro atoms. The van der Waals surface area contributed by atoms with E-state index in [1.54, 1.807) is 0 Å². The molecule has 0 bridgehead atoms. The molecule has 1 aromatic heterocycles. The number of aryl methyl sites for hydroxylation is 2. The topological polar surface area (TPSA) is 59.0 Å². The fourth-order valence-electron chi connectivity index (χ4n) is 2.96. The summed E-state index contributed by atoms with van der Waals surface area (Å²) in [7, 11) is 0. The highest BCUT2D eigenvalue weighted by Crippen LogP contribution is 2.17. The fourth-order valence-corrected chi connectivity index (χ4v) is 4.03. The lowest BCUT2D eigenvalue weighted by Crippen LogP contribution is -2.40. The zero-order valence-corrected chi connectivity index (χ0v) is 15.0. The zero-order valence-electron chi connectivity index (χ0n) is 14.2. The van der Waals surface area contributed by atoms with Gasteiger partial charge in [0.15, 0.2) is 0 Å². The monoisotopic (exact) mass is 344 g/mol. The van der Waals surface area contributed by atoms with Crippen molar-refractivity contribution in [3.63, 3.8) is 0 Å². The van der Waals surface area contributed by atoms with E-state index < -0.39 is 0 Å². The Bertz CT molecular complexity index is 707. The quantitative estimate of drug-likeness (QED) is 0.891. The van der Waals surface area contributed by atoms with Crippen LogP contribution in [0.2, 0.25) is 0 Å². The van der Waals surface area contributed by atoms with E-state index in [1.807, 2.05) is 41.6 Å². The van der Waals surface area contributed by atoms with E-state index >= 15 is 0 Å². The second-order valence-electron chi connectivity index (χ2n) is 6.30. The number of hydrogen-bond acceptors (Lipinski definition) is 3. The molecule has 6 heteroatoms. The van der Waals surface area contributed by atoms with Gasteiger partial charge in [0.05, 0.1) is 12.2 Å². The fraction of sp³-hybridized carbons (Fsp3) is 0.444. The third-order valence-corrected chi connectivity index (χ3v) is 5.33. The molecule has 1 saturated heterocycles. The van der Waals surface area contributed by atoms with Crippen LogP contribution in [0.4, 0.5) is 10.5 Å². The second-order valence-corrected chi connectivity index (χ2v) is 7.45. The van der Waals surface area contributed by atoms with Crippen molar-refractivity contribution in [2.24, 2.45) is 0 Å². The van der Waals surface area contributed by atoms with Crippen molar-refractivity contribution >= 4 is 23.5 Å². The third-order valence-electron chi connectivity index (χ3n) is 4.12. The van der Waals surface area contributed by atoms with Crippen molar-refractivity contribution in [3.8, 4) is 0 Å². The van der Waals surface area contributed by atoms with Crippen molar-refractivity contribution in [2.75, 3.05) is 16.8 Å². The van der Waals surface area contributed by atoms with Gasteiger partial charge < -0.3 is 10.6 Å². The molecular weight excluding hydrogens is 320 g/mol. The van der Waals surface area contributed by atoms with E-state index in [-0.39, 0.29) is 12.1 Å². The van der Waals surface area contributed by atoms with Crippen LogP contribution in [0.1, 0.15) is 29.8 Å². The SMILES string of the molecule is Cc1cc(C)n(Cc2cccc(NC(=O)N[C@H]3CCCSC3)c2)n1. The Morgan fingerprint density at radius 2 is 2.25 bits per heavy atom. The molecule has 2 heterocycles. The molecule has 2 amide bonds. The maximum absolute atomic E-state index is 12.2. The van der Waals surface area contributed by atoms with E-state index in [9.17, 15) is 4.79 Å². The van der Waals surface area contributed by atoms with E-state index in [2.05, 4.69) is 34.8 Å². The molecule has 0 radical (unpaired) electrons. The minimum atomic E-state index is -0.120. The molecule has 1 aliphatic rings. The van der Waals surface area contributed by atoms with Crippen molar-refractivity contribution < 1.29 is 4.79 Å². The lowest BCUT2D eigenvalue weighted by molar-refractivity contribution is 0.248. The first kappa shape index (κ1) is 16.9. The maximum atomic E-state index is 12.2. The van der Waals surface area contributed by atoms with E-state index in [1.165, 1.54) is 12.2 Å². The summed E-state index contributed by atoms with van der Waals surface area (Å²) in [5.74, 6) is 2.21. The van der Waals surface area contributed by atoms with Gasteiger partial charge in [0, 0.05) is 23.2 Å².